The van der Waals surface area contributed by atoms with Gasteiger partial charge in [-0.25, -0.2) is 0 Å². The van der Waals surface area contributed by atoms with Gasteiger partial charge in [-0.15, -0.1) is 0 Å². The summed E-state index contributed by atoms with van der Waals surface area (Å²) < 4.78 is 0. The number of aryl methyl sites for hydroxylation is 1. The number of carbonyl (C=O) groups is 1. The minimum absolute atomic E-state index is 0.250. The molecule has 1 N–H and O–H groups in total. The van der Waals surface area contributed by atoms with Crippen molar-refractivity contribution in [2.75, 3.05) is 5.32 Å². The van der Waals surface area contributed by atoms with Crippen molar-refractivity contribution in [2.24, 2.45) is 0 Å². The number of rotatable bonds is 2. The fraction of sp³-hybridized carbons (Fsp3) is 0.111. The van der Waals surface area contributed by atoms with Gasteiger partial charge < -0.3 is 5.32 Å². The average molecular weight is 179 g/mol. The van der Waals surface area contributed by atoms with Gasteiger partial charge in [0.25, 0.3) is 0 Å². The number of carbonyl (C=O) groups excluding carboxylic acids is 3. The van der Waals surface area contributed by atoms with Crippen LogP contribution in [0, 0.1) is 6.92 Å². The van der Waals surface area contributed by atoms with Gasteiger partial charge in [0.05, 0.1) is 0 Å². The van der Waals surface area contributed by atoms with Crippen LogP contribution in [0.25, 0.3) is 0 Å². The Kier molecular flexibility index (Phi) is 5.76. The lowest BCUT2D eigenvalue weighted by Crippen LogP contribution is -1.92. The van der Waals surface area contributed by atoms with Crippen molar-refractivity contribution in [2.45, 2.75) is 6.92 Å². The number of anilines is 1. The van der Waals surface area contributed by atoms with Gasteiger partial charge in [-0.05, 0) is 19.1 Å². The summed E-state index contributed by atoms with van der Waals surface area (Å²) in [4.78, 5) is 26.2. The van der Waals surface area contributed by atoms with E-state index in [4.69, 9.17) is 9.59 Å². The molecular weight excluding hydrogens is 170 g/mol. The predicted molar refractivity (Wildman–Crippen MR) is 45.9 cm³/mol. The van der Waals surface area contributed by atoms with Gasteiger partial charge in [0.1, 0.15) is 0 Å². The van der Waals surface area contributed by atoms with Crippen LogP contribution >= 0.6 is 0 Å². The number of hydrogen-bond donors (Lipinski definition) is 1. The Morgan fingerprint density at radius 1 is 1.23 bits per heavy atom. The lowest BCUT2D eigenvalue weighted by atomic mass is 10.2. The van der Waals surface area contributed by atoms with E-state index in [1.165, 1.54) is 5.56 Å². The molecule has 4 nitrogen and oxygen atoms in total. The second-order valence-electron chi connectivity index (χ2n) is 2.21. The fourth-order valence-electron chi connectivity index (χ4n) is 0.718. The van der Waals surface area contributed by atoms with E-state index < -0.39 is 0 Å². The van der Waals surface area contributed by atoms with Crippen molar-refractivity contribution < 1.29 is 14.4 Å². The molecule has 0 aliphatic heterocycles. The van der Waals surface area contributed by atoms with Crippen molar-refractivity contribution in [3.05, 3.63) is 29.8 Å². The van der Waals surface area contributed by atoms with Crippen LogP contribution in [0.2, 0.25) is 0 Å². The maximum Gasteiger partial charge on any atom is 0.373 e. The van der Waals surface area contributed by atoms with E-state index in [2.05, 4.69) is 5.32 Å². The Hall–Kier alpha value is -1.93. The number of hydrogen-bond acceptors (Lipinski definition) is 3. The first-order valence-electron chi connectivity index (χ1n) is 3.50. The normalized spacial score (nSPS) is 7.46. The van der Waals surface area contributed by atoms with Crippen molar-refractivity contribution in [1.29, 1.82) is 0 Å². The Bertz CT molecular complexity index is 286. The molecule has 0 spiro atoms. The van der Waals surface area contributed by atoms with E-state index >= 15 is 0 Å². The van der Waals surface area contributed by atoms with Crippen LogP contribution in [0.4, 0.5) is 5.69 Å². The van der Waals surface area contributed by atoms with Gasteiger partial charge in [-0.1, -0.05) is 17.7 Å². The maximum atomic E-state index is 9.95. The highest BCUT2D eigenvalue weighted by Crippen LogP contribution is 2.06. The monoisotopic (exact) mass is 179 g/mol. The smallest absolute Gasteiger partial charge is 0.329 e. The van der Waals surface area contributed by atoms with Crippen LogP contribution in [-0.4, -0.2) is 12.6 Å². The first-order chi connectivity index (χ1) is 6.24. The Morgan fingerprint density at radius 2 is 1.69 bits per heavy atom. The average Bonchev–Trinajstić information content (AvgIpc) is 2.11. The molecule has 4 heteroatoms. The van der Waals surface area contributed by atoms with Crippen LogP contribution in [-0.2, 0) is 14.4 Å². The summed E-state index contributed by atoms with van der Waals surface area (Å²) in [6.07, 6.45) is 0.921. The van der Waals surface area contributed by atoms with E-state index in [1.807, 2.05) is 31.2 Å². The first-order valence-corrected chi connectivity index (χ1v) is 3.50. The molecule has 0 saturated heterocycles. The maximum absolute atomic E-state index is 9.95. The van der Waals surface area contributed by atoms with E-state index in [-0.39, 0.29) is 6.15 Å². The van der Waals surface area contributed by atoms with Gasteiger partial charge >= 0.3 is 6.15 Å². The number of nitrogens with one attached hydrogen (secondary N) is 1. The van der Waals surface area contributed by atoms with E-state index in [0.29, 0.717) is 6.41 Å². The van der Waals surface area contributed by atoms with Gasteiger partial charge in [0.15, 0.2) is 0 Å². The summed E-state index contributed by atoms with van der Waals surface area (Å²) in [7, 11) is 0. The van der Waals surface area contributed by atoms with Gasteiger partial charge in [0.2, 0.25) is 6.41 Å². The summed E-state index contributed by atoms with van der Waals surface area (Å²) in [5.74, 6) is 0. The molecule has 0 aliphatic carbocycles. The minimum Gasteiger partial charge on any atom is -0.329 e. The molecule has 1 aromatic carbocycles. The third kappa shape index (κ3) is 5.35. The lowest BCUT2D eigenvalue weighted by molar-refractivity contribution is -0.191. The molecule has 0 atom stereocenters. The summed E-state index contributed by atoms with van der Waals surface area (Å²) in [6, 6.07) is 7.63. The predicted octanol–water partition coefficient (Wildman–Crippen LogP) is 0.980. The lowest BCUT2D eigenvalue weighted by Gasteiger charge is -1.96. The zero-order valence-corrected chi connectivity index (χ0v) is 7.11. The van der Waals surface area contributed by atoms with Gasteiger partial charge in [-0.3, -0.25) is 4.79 Å². The molecule has 1 aromatic rings. The topological polar surface area (TPSA) is 63.2 Å². The fourth-order valence-corrected chi connectivity index (χ4v) is 0.718. The zero-order chi connectivity index (χ0) is 10.1. The van der Waals surface area contributed by atoms with Crippen LogP contribution in [0.1, 0.15) is 5.56 Å². The Labute approximate surface area is 75.6 Å². The third-order valence-electron chi connectivity index (χ3n) is 1.28. The largest absolute Gasteiger partial charge is 0.373 e. The second kappa shape index (κ2) is 6.76. The van der Waals surface area contributed by atoms with Crippen LogP contribution in [0.15, 0.2) is 24.3 Å². The SMILES string of the molecule is Cc1ccc(NC=O)cc1.O=C=O. The number of amides is 1. The van der Waals surface area contributed by atoms with Gasteiger partial charge in [0, 0.05) is 5.69 Å². The highest BCUT2D eigenvalue weighted by molar-refractivity contribution is 5.70. The van der Waals surface area contributed by atoms with Crippen molar-refractivity contribution in [3.8, 4) is 0 Å². The van der Waals surface area contributed by atoms with Crippen LogP contribution in [0.5, 0.6) is 0 Å². The van der Waals surface area contributed by atoms with Crippen molar-refractivity contribution >= 4 is 18.2 Å². The molecule has 0 fully saturated rings. The molecule has 0 bridgehead atoms. The zero-order valence-electron chi connectivity index (χ0n) is 7.11. The molecule has 0 aliphatic rings. The molecule has 0 radical (unpaired) electrons. The molecule has 0 unspecified atom stereocenters. The Morgan fingerprint density at radius 3 is 2.08 bits per heavy atom. The van der Waals surface area contributed by atoms with Crippen LogP contribution in [0.3, 0.4) is 0 Å². The minimum atomic E-state index is 0.250. The highest BCUT2D eigenvalue weighted by atomic mass is 16.2. The number of benzene rings is 1. The highest BCUT2D eigenvalue weighted by Gasteiger charge is 1.86. The molecule has 1 amide bonds. The molecule has 0 heterocycles. The van der Waals surface area contributed by atoms with E-state index in [0.717, 1.165) is 5.69 Å². The summed E-state index contributed by atoms with van der Waals surface area (Å²) in [6.45, 7) is 2.00. The van der Waals surface area contributed by atoms with Crippen molar-refractivity contribution in [3.63, 3.8) is 0 Å². The van der Waals surface area contributed by atoms with Crippen LogP contribution < -0.4 is 5.32 Å². The third-order valence-corrected chi connectivity index (χ3v) is 1.28. The summed E-state index contributed by atoms with van der Waals surface area (Å²) >= 11 is 0. The summed E-state index contributed by atoms with van der Waals surface area (Å²) in [5.41, 5.74) is 2.03. The van der Waals surface area contributed by atoms with Gasteiger partial charge in [-0.2, -0.15) is 9.59 Å². The quantitative estimate of drug-likeness (QED) is 0.688. The standard InChI is InChI=1S/C8H9NO.CO2/c1-7-2-4-8(5-3-7)9-6-10;2-1-3/h2-6H,1H3,(H,9,10);. The molecule has 1 rings (SSSR count). The van der Waals surface area contributed by atoms with E-state index in [1.54, 1.807) is 0 Å². The second-order valence-corrected chi connectivity index (χ2v) is 2.21. The molecule has 13 heavy (non-hydrogen) atoms. The summed E-state index contributed by atoms with van der Waals surface area (Å²) in [5, 5.41) is 2.55. The van der Waals surface area contributed by atoms with E-state index in [9.17, 15) is 4.79 Å². The molecule has 0 aromatic heterocycles. The molecule has 68 valence electrons. The van der Waals surface area contributed by atoms with Crippen molar-refractivity contribution in [1.82, 2.24) is 0 Å². The first kappa shape index (κ1) is 11.1. The Balaban J connectivity index is 0.000000424. The molecular formula is C9H9NO3. The molecule has 0 saturated carbocycles.